The Morgan fingerprint density at radius 1 is 1.10 bits per heavy atom. The number of benzene rings is 2. The summed E-state index contributed by atoms with van der Waals surface area (Å²) in [4.78, 5) is 12.2. The van der Waals surface area contributed by atoms with E-state index in [9.17, 15) is 17.6 Å². The molecule has 1 amide bonds. The van der Waals surface area contributed by atoms with Crippen molar-refractivity contribution in [2.45, 2.75) is 44.2 Å². The van der Waals surface area contributed by atoms with E-state index in [0.717, 1.165) is 42.5 Å². The van der Waals surface area contributed by atoms with Crippen LogP contribution in [0.25, 0.3) is 0 Å². The third-order valence-electron chi connectivity index (χ3n) is 5.15. The molecule has 1 heterocycles. The molecular formula is C22H27FN2O4S. The Morgan fingerprint density at radius 2 is 1.80 bits per heavy atom. The zero-order valence-electron chi connectivity index (χ0n) is 17.1. The summed E-state index contributed by atoms with van der Waals surface area (Å²) in [5.74, 6) is -1.31. The summed E-state index contributed by atoms with van der Waals surface area (Å²) in [5.41, 5.74) is 1.98. The number of ether oxygens (including phenoxy) is 1. The predicted molar refractivity (Wildman–Crippen MR) is 112 cm³/mol. The lowest BCUT2D eigenvalue weighted by molar-refractivity contribution is 0.0949. The highest BCUT2D eigenvalue weighted by Crippen LogP contribution is 2.24. The number of halogens is 1. The Labute approximate surface area is 177 Å². The van der Waals surface area contributed by atoms with Gasteiger partial charge in [0.1, 0.15) is 10.7 Å². The van der Waals surface area contributed by atoms with Crippen LogP contribution in [0.4, 0.5) is 4.39 Å². The van der Waals surface area contributed by atoms with Gasteiger partial charge in [0.05, 0.1) is 6.61 Å². The maximum absolute atomic E-state index is 14.4. The molecule has 0 aliphatic carbocycles. The Balaban J connectivity index is 1.75. The fraction of sp³-hybridized carbons (Fsp3) is 0.409. The van der Waals surface area contributed by atoms with Crippen molar-refractivity contribution < 1.29 is 22.3 Å². The Bertz CT molecular complexity index is 988. The van der Waals surface area contributed by atoms with Crippen LogP contribution in [0, 0.1) is 5.82 Å². The van der Waals surface area contributed by atoms with Crippen molar-refractivity contribution in [3.05, 3.63) is 65.0 Å². The van der Waals surface area contributed by atoms with E-state index in [4.69, 9.17) is 4.74 Å². The van der Waals surface area contributed by atoms with E-state index in [-0.39, 0.29) is 12.1 Å². The molecule has 162 valence electrons. The van der Waals surface area contributed by atoms with Gasteiger partial charge in [0.2, 0.25) is 10.0 Å². The van der Waals surface area contributed by atoms with Gasteiger partial charge in [0, 0.05) is 31.8 Å². The second-order valence-corrected chi connectivity index (χ2v) is 9.10. The molecule has 0 aromatic heterocycles. The lowest BCUT2D eigenvalue weighted by atomic mass is 10.1. The number of sulfonamides is 1. The largest absolute Gasteiger partial charge is 0.377 e. The molecule has 2 aromatic carbocycles. The first-order valence-electron chi connectivity index (χ1n) is 10.2. The first-order valence-corrected chi connectivity index (χ1v) is 11.6. The normalized spacial score (nSPS) is 15.1. The van der Waals surface area contributed by atoms with E-state index in [2.05, 4.69) is 5.32 Å². The minimum absolute atomic E-state index is 0.106. The summed E-state index contributed by atoms with van der Waals surface area (Å²) in [6.45, 7) is 3.94. The van der Waals surface area contributed by atoms with Crippen LogP contribution >= 0.6 is 0 Å². The number of nitrogens with one attached hydrogen (secondary N) is 1. The molecule has 2 aromatic rings. The number of carbonyl (C=O) groups is 1. The number of hydrogen-bond acceptors (Lipinski definition) is 4. The summed E-state index contributed by atoms with van der Waals surface area (Å²) >= 11 is 0. The van der Waals surface area contributed by atoms with Crippen molar-refractivity contribution in [3.8, 4) is 0 Å². The third kappa shape index (κ3) is 5.24. The van der Waals surface area contributed by atoms with Crippen LogP contribution in [0.5, 0.6) is 0 Å². The zero-order chi connectivity index (χ0) is 21.6. The summed E-state index contributed by atoms with van der Waals surface area (Å²) in [6, 6.07) is 11.1. The van der Waals surface area contributed by atoms with Gasteiger partial charge in [-0.1, -0.05) is 30.7 Å². The topological polar surface area (TPSA) is 75.7 Å². The number of hydrogen-bond donors (Lipinski definition) is 1. The highest BCUT2D eigenvalue weighted by molar-refractivity contribution is 7.89. The van der Waals surface area contributed by atoms with Gasteiger partial charge in [-0.2, -0.15) is 4.31 Å². The van der Waals surface area contributed by atoms with Crippen molar-refractivity contribution >= 4 is 15.9 Å². The molecular weight excluding hydrogens is 407 g/mol. The second kappa shape index (κ2) is 10.1. The van der Waals surface area contributed by atoms with Gasteiger partial charge >= 0.3 is 0 Å². The zero-order valence-corrected chi connectivity index (χ0v) is 17.9. The molecule has 3 rings (SSSR count). The molecule has 30 heavy (non-hydrogen) atoms. The fourth-order valence-corrected chi connectivity index (χ4v) is 5.05. The number of amides is 1. The quantitative estimate of drug-likeness (QED) is 0.690. The molecule has 0 atom stereocenters. The smallest absolute Gasteiger partial charge is 0.251 e. The van der Waals surface area contributed by atoms with Crippen molar-refractivity contribution in [1.29, 1.82) is 0 Å². The molecule has 0 radical (unpaired) electrons. The fourth-order valence-electron chi connectivity index (χ4n) is 3.45. The Kier molecular flexibility index (Phi) is 7.58. The molecule has 1 fully saturated rings. The van der Waals surface area contributed by atoms with Crippen LogP contribution in [0.1, 0.15) is 47.7 Å². The lowest BCUT2D eigenvalue weighted by Crippen LogP contribution is -2.36. The molecule has 1 aliphatic heterocycles. The molecule has 0 saturated carbocycles. The van der Waals surface area contributed by atoms with Gasteiger partial charge in [0.25, 0.3) is 5.91 Å². The van der Waals surface area contributed by atoms with Crippen LogP contribution in [-0.4, -0.2) is 38.3 Å². The maximum atomic E-state index is 14.4. The Morgan fingerprint density at radius 3 is 2.50 bits per heavy atom. The number of rotatable bonds is 8. The van der Waals surface area contributed by atoms with Crippen LogP contribution in [0.3, 0.4) is 0 Å². The monoisotopic (exact) mass is 434 g/mol. The summed E-state index contributed by atoms with van der Waals surface area (Å²) in [7, 11) is -3.97. The van der Waals surface area contributed by atoms with Crippen LogP contribution < -0.4 is 5.32 Å². The molecule has 1 saturated heterocycles. The average Bonchev–Trinajstić information content (AvgIpc) is 2.77. The van der Waals surface area contributed by atoms with E-state index >= 15 is 0 Å². The van der Waals surface area contributed by atoms with Crippen molar-refractivity contribution in [2.24, 2.45) is 0 Å². The number of carbonyl (C=O) groups excluding carboxylic acids is 1. The second-order valence-electron chi connectivity index (χ2n) is 7.20. The van der Waals surface area contributed by atoms with Crippen LogP contribution in [0.15, 0.2) is 47.4 Å². The molecule has 1 aliphatic rings. The first kappa shape index (κ1) is 22.4. The SMILES string of the molecule is CCOCc1ccccc1CNC(=O)c1ccc(F)c(S(=O)(=O)N2CCCCC2)c1. The minimum atomic E-state index is -3.97. The van der Waals surface area contributed by atoms with Crippen molar-refractivity contribution in [2.75, 3.05) is 19.7 Å². The minimum Gasteiger partial charge on any atom is -0.377 e. The summed E-state index contributed by atoms with van der Waals surface area (Å²) in [6.07, 6.45) is 2.46. The Hall–Kier alpha value is -2.29. The number of nitrogens with zero attached hydrogens (tertiary/aromatic N) is 1. The van der Waals surface area contributed by atoms with Crippen LogP contribution in [0.2, 0.25) is 0 Å². The van der Waals surface area contributed by atoms with E-state index in [1.165, 1.54) is 10.4 Å². The van der Waals surface area contributed by atoms with Gasteiger partial charge in [0.15, 0.2) is 0 Å². The van der Waals surface area contributed by atoms with Gasteiger partial charge in [-0.25, -0.2) is 12.8 Å². The summed E-state index contributed by atoms with van der Waals surface area (Å²) < 4.78 is 46.8. The molecule has 0 unspecified atom stereocenters. The van der Waals surface area contributed by atoms with Gasteiger partial charge in [-0.3, -0.25) is 4.79 Å². The average molecular weight is 435 g/mol. The number of piperidine rings is 1. The van der Waals surface area contributed by atoms with Crippen molar-refractivity contribution in [1.82, 2.24) is 9.62 Å². The van der Waals surface area contributed by atoms with Crippen LogP contribution in [-0.2, 0) is 27.9 Å². The van der Waals surface area contributed by atoms with Crippen molar-refractivity contribution in [3.63, 3.8) is 0 Å². The summed E-state index contributed by atoms with van der Waals surface area (Å²) in [5, 5.41) is 2.78. The predicted octanol–water partition coefficient (Wildman–Crippen LogP) is 3.47. The molecule has 0 spiro atoms. The van der Waals surface area contributed by atoms with E-state index in [1.807, 2.05) is 31.2 Å². The van der Waals surface area contributed by atoms with Gasteiger partial charge in [-0.05, 0) is 49.1 Å². The van der Waals surface area contributed by atoms with E-state index in [0.29, 0.717) is 26.3 Å². The third-order valence-corrected chi connectivity index (χ3v) is 7.06. The molecule has 6 nitrogen and oxygen atoms in total. The van der Waals surface area contributed by atoms with Gasteiger partial charge < -0.3 is 10.1 Å². The molecule has 8 heteroatoms. The maximum Gasteiger partial charge on any atom is 0.251 e. The van der Waals surface area contributed by atoms with Gasteiger partial charge in [-0.15, -0.1) is 0 Å². The lowest BCUT2D eigenvalue weighted by Gasteiger charge is -2.26. The highest BCUT2D eigenvalue weighted by atomic mass is 32.2. The first-order chi connectivity index (χ1) is 14.4. The van der Waals surface area contributed by atoms with E-state index in [1.54, 1.807) is 0 Å². The molecule has 0 bridgehead atoms. The standard InChI is InChI=1S/C22H27FN2O4S/c1-2-29-16-19-9-5-4-8-18(19)15-24-22(26)17-10-11-20(23)21(14-17)30(27,28)25-12-6-3-7-13-25/h4-5,8-11,14H,2-3,6-7,12-13,15-16H2,1H3,(H,24,26). The van der Waals surface area contributed by atoms with E-state index < -0.39 is 26.6 Å². The molecule has 1 N–H and O–H groups in total. The highest BCUT2D eigenvalue weighted by Gasteiger charge is 2.29.